The largest absolute Gasteiger partial charge is 0.240 e. The quantitative estimate of drug-likeness (QED) is 0.444. The summed E-state index contributed by atoms with van der Waals surface area (Å²) in [5, 5.41) is 0.586. The Balaban J connectivity index is 3.43. The lowest BCUT2D eigenvalue weighted by atomic mass is 10.2. The molecule has 1 aromatic rings. The molecule has 0 aromatic heterocycles. The van der Waals surface area contributed by atoms with E-state index in [4.69, 9.17) is 46.4 Å². The third-order valence-corrected chi connectivity index (χ3v) is 2.43. The number of carbonyl (C=O) groups excluding carboxylic acids is 1. The van der Waals surface area contributed by atoms with E-state index in [0.29, 0.717) is 10.6 Å². The van der Waals surface area contributed by atoms with Crippen LogP contribution in [0.2, 0.25) is 10.0 Å². The molecule has 0 heterocycles. The van der Waals surface area contributed by atoms with Gasteiger partial charge in [0.25, 0.3) is 0 Å². The van der Waals surface area contributed by atoms with Crippen molar-refractivity contribution in [1.82, 2.24) is 0 Å². The third-order valence-electron chi connectivity index (χ3n) is 1.45. The van der Waals surface area contributed by atoms with Crippen LogP contribution in [0.5, 0.6) is 0 Å². The summed E-state index contributed by atoms with van der Waals surface area (Å²) >= 11 is 22.8. The van der Waals surface area contributed by atoms with Crippen LogP contribution in [0.3, 0.4) is 0 Å². The molecule has 0 aliphatic rings. The van der Waals surface area contributed by atoms with Crippen LogP contribution in [-0.2, 0) is 4.79 Å². The van der Waals surface area contributed by atoms with Gasteiger partial charge in [0.05, 0.1) is 5.02 Å². The minimum atomic E-state index is -0.849. The van der Waals surface area contributed by atoms with Gasteiger partial charge in [0.2, 0.25) is 6.08 Å². The molecule has 0 radical (unpaired) electrons. The molecule has 2 nitrogen and oxygen atoms in total. The summed E-state index contributed by atoms with van der Waals surface area (Å²) in [4.78, 5) is 12.7. The summed E-state index contributed by atoms with van der Waals surface area (Å²) in [5.74, 6) is 0. The molecule has 0 N–H and O–H groups in total. The van der Waals surface area contributed by atoms with Crippen LogP contribution < -0.4 is 0 Å². The highest BCUT2D eigenvalue weighted by molar-refractivity contribution is 6.45. The van der Waals surface area contributed by atoms with Gasteiger partial charge in [-0.1, -0.05) is 46.4 Å². The first-order chi connectivity index (χ1) is 6.56. The van der Waals surface area contributed by atoms with E-state index in [2.05, 4.69) is 4.99 Å². The Bertz CT molecular complexity index is 399. The zero-order valence-corrected chi connectivity index (χ0v) is 9.62. The molecule has 0 saturated carbocycles. The molecule has 0 aliphatic carbocycles. The zero-order valence-electron chi connectivity index (χ0n) is 6.60. The molecule has 0 atom stereocenters. The average molecular weight is 271 g/mol. The van der Waals surface area contributed by atoms with Crippen LogP contribution in [0.4, 0.5) is 5.69 Å². The average Bonchev–Trinajstić information content (AvgIpc) is 2.09. The molecule has 0 fully saturated rings. The maximum Gasteiger partial charge on any atom is 0.240 e. The highest BCUT2D eigenvalue weighted by Crippen LogP contribution is 2.39. The van der Waals surface area contributed by atoms with Gasteiger partial charge in [-0.25, -0.2) is 4.79 Å². The zero-order chi connectivity index (χ0) is 10.7. The van der Waals surface area contributed by atoms with Crippen molar-refractivity contribution in [2.75, 3.05) is 0 Å². The molecular weight excluding hydrogens is 268 g/mol. The second kappa shape index (κ2) is 5.01. The lowest BCUT2D eigenvalue weighted by Gasteiger charge is -2.07. The Kier molecular flexibility index (Phi) is 4.24. The SMILES string of the molecule is O=C=Nc1c(Cl)cc(Cl)cc1C(Cl)Cl. The van der Waals surface area contributed by atoms with Gasteiger partial charge < -0.3 is 0 Å². The van der Waals surface area contributed by atoms with Gasteiger partial charge >= 0.3 is 0 Å². The van der Waals surface area contributed by atoms with E-state index in [1.807, 2.05) is 0 Å². The van der Waals surface area contributed by atoms with Gasteiger partial charge in [-0.05, 0) is 12.1 Å². The Morgan fingerprint density at radius 1 is 1.29 bits per heavy atom. The topological polar surface area (TPSA) is 29.4 Å². The summed E-state index contributed by atoms with van der Waals surface area (Å²) in [7, 11) is 0. The number of alkyl halides is 2. The standard InChI is InChI=1S/C8H3Cl4NO/c9-4-1-5(8(11)12)7(13-3-14)6(10)2-4/h1-2,8H. The van der Waals surface area contributed by atoms with Gasteiger partial charge in [0.15, 0.2) is 0 Å². The van der Waals surface area contributed by atoms with Gasteiger partial charge in [0.1, 0.15) is 10.5 Å². The number of benzene rings is 1. The highest BCUT2D eigenvalue weighted by Gasteiger charge is 2.14. The molecule has 0 amide bonds. The van der Waals surface area contributed by atoms with Crippen molar-refractivity contribution in [3.63, 3.8) is 0 Å². The Labute approximate surface area is 100 Å². The number of hydrogen-bond acceptors (Lipinski definition) is 2. The molecular formula is C8H3Cl4NO. The molecule has 14 heavy (non-hydrogen) atoms. The number of aliphatic imine (C=N–C) groups is 1. The highest BCUT2D eigenvalue weighted by atomic mass is 35.5. The van der Waals surface area contributed by atoms with E-state index in [1.165, 1.54) is 18.2 Å². The molecule has 0 aliphatic heterocycles. The van der Waals surface area contributed by atoms with E-state index in [1.54, 1.807) is 0 Å². The summed E-state index contributed by atoms with van der Waals surface area (Å²) < 4.78 is 0. The Hall–Kier alpha value is -0.240. The van der Waals surface area contributed by atoms with Gasteiger partial charge in [-0.2, -0.15) is 4.99 Å². The summed E-state index contributed by atoms with van der Waals surface area (Å²) in [5.41, 5.74) is 0.579. The van der Waals surface area contributed by atoms with E-state index < -0.39 is 4.84 Å². The second-order valence-electron chi connectivity index (χ2n) is 2.33. The van der Waals surface area contributed by atoms with Crippen molar-refractivity contribution < 1.29 is 4.79 Å². The lowest BCUT2D eigenvalue weighted by Crippen LogP contribution is -1.84. The normalized spacial score (nSPS) is 10.1. The van der Waals surface area contributed by atoms with Crippen LogP contribution in [0, 0.1) is 0 Å². The van der Waals surface area contributed by atoms with Crippen molar-refractivity contribution in [3.8, 4) is 0 Å². The van der Waals surface area contributed by atoms with E-state index in [-0.39, 0.29) is 10.7 Å². The van der Waals surface area contributed by atoms with Crippen molar-refractivity contribution in [2.45, 2.75) is 4.84 Å². The minimum Gasteiger partial charge on any atom is -0.211 e. The van der Waals surface area contributed by atoms with Crippen LogP contribution >= 0.6 is 46.4 Å². The van der Waals surface area contributed by atoms with Crippen molar-refractivity contribution >= 4 is 58.2 Å². The molecule has 1 aromatic carbocycles. The van der Waals surface area contributed by atoms with Crippen molar-refractivity contribution in [1.29, 1.82) is 0 Å². The third kappa shape index (κ3) is 2.63. The number of halogens is 4. The van der Waals surface area contributed by atoms with Gasteiger partial charge in [0, 0.05) is 10.6 Å². The molecule has 0 saturated heterocycles. The fraction of sp³-hybridized carbons (Fsp3) is 0.125. The maximum absolute atomic E-state index is 10.1. The Morgan fingerprint density at radius 3 is 2.43 bits per heavy atom. The molecule has 74 valence electrons. The maximum atomic E-state index is 10.1. The molecule has 0 spiro atoms. The fourth-order valence-electron chi connectivity index (χ4n) is 0.916. The van der Waals surface area contributed by atoms with Crippen LogP contribution in [0.25, 0.3) is 0 Å². The summed E-state index contributed by atoms with van der Waals surface area (Å²) in [6.45, 7) is 0. The predicted molar refractivity (Wildman–Crippen MR) is 58.7 cm³/mol. The monoisotopic (exact) mass is 269 g/mol. The molecule has 1 rings (SSSR count). The van der Waals surface area contributed by atoms with Gasteiger partial charge in [-0.15, -0.1) is 0 Å². The van der Waals surface area contributed by atoms with Crippen molar-refractivity contribution in [3.05, 3.63) is 27.7 Å². The van der Waals surface area contributed by atoms with E-state index in [0.717, 1.165) is 0 Å². The second-order valence-corrected chi connectivity index (χ2v) is 4.27. The molecule has 0 unspecified atom stereocenters. The number of hydrogen-bond donors (Lipinski definition) is 0. The first-order valence-electron chi connectivity index (χ1n) is 3.41. The predicted octanol–water partition coefficient (Wildman–Crippen LogP) is 4.44. The molecule has 6 heteroatoms. The van der Waals surface area contributed by atoms with E-state index in [9.17, 15) is 4.79 Å². The smallest absolute Gasteiger partial charge is 0.211 e. The first-order valence-corrected chi connectivity index (χ1v) is 5.04. The van der Waals surface area contributed by atoms with E-state index >= 15 is 0 Å². The van der Waals surface area contributed by atoms with Crippen LogP contribution in [-0.4, -0.2) is 6.08 Å². The number of isocyanates is 1. The number of rotatable bonds is 2. The first kappa shape index (κ1) is 11.8. The minimum absolute atomic E-state index is 0.195. The van der Waals surface area contributed by atoms with Crippen LogP contribution in [0.15, 0.2) is 17.1 Å². The lowest BCUT2D eigenvalue weighted by molar-refractivity contribution is 0.565. The fourth-order valence-corrected chi connectivity index (χ4v) is 1.80. The van der Waals surface area contributed by atoms with Gasteiger partial charge in [-0.3, -0.25) is 0 Å². The summed E-state index contributed by atoms with van der Waals surface area (Å²) in [6.07, 6.45) is 1.37. The summed E-state index contributed by atoms with van der Waals surface area (Å²) in [6, 6.07) is 2.94. The Morgan fingerprint density at radius 2 is 1.93 bits per heavy atom. The van der Waals surface area contributed by atoms with Crippen LogP contribution in [0.1, 0.15) is 10.4 Å². The number of nitrogens with zero attached hydrogens (tertiary/aromatic N) is 1. The van der Waals surface area contributed by atoms with Crippen molar-refractivity contribution in [2.24, 2.45) is 4.99 Å². The molecule has 0 bridgehead atoms.